The zero-order chi connectivity index (χ0) is 12.5. The minimum atomic E-state index is -0.655. The summed E-state index contributed by atoms with van der Waals surface area (Å²) in [6.45, 7) is 4.83. The van der Waals surface area contributed by atoms with Gasteiger partial charge in [0.15, 0.2) is 0 Å². The largest absolute Gasteiger partial charge is 0.354 e. The van der Waals surface area contributed by atoms with Crippen LogP contribution in [-0.4, -0.2) is 18.0 Å². The summed E-state index contributed by atoms with van der Waals surface area (Å²) in [5.74, 6) is 2.56. The summed E-state index contributed by atoms with van der Waals surface area (Å²) in [5, 5.41) is 3.10. The summed E-state index contributed by atoms with van der Waals surface area (Å²) >= 11 is 0. The van der Waals surface area contributed by atoms with Crippen LogP contribution in [0.15, 0.2) is 0 Å². The van der Waals surface area contributed by atoms with Gasteiger partial charge in [-0.1, -0.05) is 13.8 Å². The Morgan fingerprint density at radius 1 is 1.24 bits per heavy atom. The van der Waals surface area contributed by atoms with Crippen LogP contribution >= 0.6 is 0 Å². The van der Waals surface area contributed by atoms with Gasteiger partial charge in [0.25, 0.3) is 0 Å². The van der Waals surface area contributed by atoms with E-state index in [1.165, 1.54) is 25.7 Å². The first kappa shape index (κ1) is 12.9. The van der Waals surface area contributed by atoms with Gasteiger partial charge in [0.1, 0.15) is 0 Å². The van der Waals surface area contributed by atoms with Gasteiger partial charge in [-0.25, -0.2) is 0 Å². The SMILES string of the molecule is CCC(N)(CC)C(=O)NCC(C1CC1)C1CC1. The van der Waals surface area contributed by atoms with Crippen molar-refractivity contribution in [3.63, 3.8) is 0 Å². The molecule has 3 N–H and O–H groups in total. The van der Waals surface area contributed by atoms with E-state index in [9.17, 15) is 4.79 Å². The molecule has 0 bridgehead atoms. The highest BCUT2D eigenvalue weighted by atomic mass is 16.2. The molecule has 2 aliphatic rings. The molecular weight excluding hydrogens is 212 g/mol. The predicted octanol–water partition coefficient (Wildman–Crippen LogP) is 2.06. The Labute approximate surface area is 105 Å². The van der Waals surface area contributed by atoms with E-state index < -0.39 is 5.54 Å². The summed E-state index contributed by atoms with van der Waals surface area (Å²) in [6.07, 6.45) is 6.90. The molecule has 0 spiro atoms. The molecule has 0 aromatic rings. The van der Waals surface area contributed by atoms with Crippen LogP contribution in [-0.2, 0) is 4.79 Å². The Hall–Kier alpha value is -0.570. The van der Waals surface area contributed by atoms with Crippen LogP contribution < -0.4 is 11.1 Å². The highest BCUT2D eigenvalue weighted by molar-refractivity contribution is 5.85. The Bertz CT molecular complexity index is 266. The second-order valence-electron chi connectivity index (χ2n) is 5.91. The third-order valence-electron chi connectivity index (χ3n) is 4.67. The molecule has 2 fully saturated rings. The molecule has 0 aromatic carbocycles. The minimum absolute atomic E-state index is 0.0498. The van der Waals surface area contributed by atoms with Crippen molar-refractivity contribution in [1.82, 2.24) is 5.32 Å². The molecule has 2 saturated carbocycles. The first-order chi connectivity index (χ1) is 8.10. The van der Waals surface area contributed by atoms with Gasteiger partial charge >= 0.3 is 0 Å². The van der Waals surface area contributed by atoms with Crippen LogP contribution in [0, 0.1) is 17.8 Å². The summed E-state index contributed by atoms with van der Waals surface area (Å²) in [4.78, 5) is 12.1. The molecule has 17 heavy (non-hydrogen) atoms. The van der Waals surface area contributed by atoms with Crippen molar-refractivity contribution in [1.29, 1.82) is 0 Å². The van der Waals surface area contributed by atoms with E-state index in [1.54, 1.807) is 0 Å². The quantitative estimate of drug-likeness (QED) is 0.713. The Morgan fingerprint density at radius 3 is 2.06 bits per heavy atom. The number of hydrogen-bond donors (Lipinski definition) is 2. The molecule has 0 radical (unpaired) electrons. The highest BCUT2D eigenvalue weighted by Crippen LogP contribution is 2.48. The summed E-state index contributed by atoms with van der Waals surface area (Å²) < 4.78 is 0. The maximum absolute atomic E-state index is 12.1. The fourth-order valence-corrected chi connectivity index (χ4v) is 2.72. The Balaban J connectivity index is 1.81. The third kappa shape index (κ3) is 3.01. The van der Waals surface area contributed by atoms with Crippen molar-refractivity contribution >= 4 is 5.91 Å². The van der Waals surface area contributed by atoms with E-state index in [0.29, 0.717) is 12.8 Å². The summed E-state index contributed by atoms with van der Waals surface area (Å²) in [5.41, 5.74) is 5.44. The van der Waals surface area contributed by atoms with Crippen molar-refractivity contribution in [3.05, 3.63) is 0 Å². The highest BCUT2D eigenvalue weighted by Gasteiger charge is 2.42. The fourth-order valence-electron chi connectivity index (χ4n) is 2.72. The lowest BCUT2D eigenvalue weighted by atomic mass is 9.92. The number of rotatable bonds is 7. The zero-order valence-electron chi connectivity index (χ0n) is 11.2. The molecule has 0 saturated heterocycles. The molecule has 1 amide bonds. The monoisotopic (exact) mass is 238 g/mol. The van der Waals surface area contributed by atoms with Gasteiger partial charge in [0, 0.05) is 6.54 Å². The zero-order valence-corrected chi connectivity index (χ0v) is 11.2. The molecule has 2 aliphatic carbocycles. The van der Waals surface area contributed by atoms with Gasteiger partial charge in [-0.15, -0.1) is 0 Å². The number of nitrogens with two attached hydrogens (primary N) is 1. The lowest BCUT2D eigenvalue weighted by Crippen LogP contribution is -2.54. The topological polar surface area (TPSA) is 55.1 Å². The smallest absolute Gasteiger partial charge is 0.240 e. The molecule has 2 rings (SSSR count). The van der Waals surface area contributed by atoms with E-state index >= 15 is 0 Å². The van der Waals surface area contributed by atoms with Crippen LogP contribution in [0.4, 0.5) is 0 Å². The van der Waals surface area contributed by atoms with Crippen molar-refractivity contribution in [2.24, 2.45) is 23.5 Å². The van der Waals surface area contributed by atoms with Crippen molar-refractivity contribution < 1.29 is 4.79 Å². The van der Waals surface area contributed by atoms with Gasteiger partial charge in [0.05, 0.1) is 5.54 Å². The summed E-state index contributed by atoms with van der Waals surface area (Å²) in [7, 11) is 0. The molecule has 0 aromatic heterocycles. The number of carbonyl (C=O) groups is 1. The summed E-state index contributed by atoms with van der Waals surface area (Å²) in [6, 6.07) is 0. The molecule has 98 valence electrons. The van der Waals surface area contributed by atoms with Crippen LogP contribution in [0.3, 0.4) is 0 Å². The number of amides is 1. The maximum Gasteiger partial charge on any atom is 0.240 e. The molecule has 0 heterocycles. The van der Waals surface area contributed by atoms with Gasteiger partial charge in [-0.2, -0.15) is 0 Å². The van der Waals surface area contributed by atoms with Gasteiger partial charge in [0.2, 0.25) is 5.91 Å². The van der Waals surface area contributed by atoms with Gasteiger partial charge in [-0.05, 0) is 56.3 Å². The van der Waals surface area contributed by atoms with Crippen LogP contribution in [0.1, 0.15) is 52.4 Å². The predicted molar refractivity (Wildman–Crippen MR) is 69.4 cm³/mol. The Kier molecular flexibility index (Phi) is 3.76. The lowest BCUT2D eigenvalue weighted by Gasteiger charge is -2.27. The number of carbonyl (C=O) groups excluding carboxylic acids is 1. The van der Waals surface area contributed by atoms with Crippen molar-refractivity contribution in [2.45, 2.75) is 57.9 Å². The normalized spacial score (nSPS) is 20.7. The first-order valence-electron chi connectivity index (χ1n) is 7.18. The molecule has 0 unspecified atom stereocenters. The molecule has 3 heteroatoms. The van der Waals surface area contributed by atoms with E-state index in [2.05, 4.69) is 5.32 Å². The molecule has 3 nitrogen and oxygen atoms in total. The average Bonchev–Trinajstić information content (AvgIpc) is 3.18. The van der Waals surface area contributed by atoms with Crippen LogP contribution in [0.5, 0.6) is 0 Å². The first-order valence-corrected chi connectivity index (χ1v) is 7.18. The van der Waals surface area contributed by atoms with Crippen molar-refractivity contribution in [3.8, 4) is 0 Å². The van der Waals surface area contributed by atoms with Crippen molar-refractivity contribution in [2.75, 3.05) is 6.54 Å². The van der Waals surface area contributed by atoms with Crippen LogP contribution in [0.2, 0.25) is 0 Å². The number of nitrogens with one attached hydrogen (secondary N) is 1. The van der Waals surface area contributed by atoms with Crippen LogP contribution in [0.25, 0.3) is 0 Å². The minimum Gasteiger partial charge on any atom is -0.354 e. The maximum atomic E-state index is 12.1. The average molecular weight is 238 g/mol. The fraction of sp³-hybridized carbons (Fsp3) is 0.929. The molecule has 0 aliphatic heterocycles. The Morgan fingerprint density at radius 2 is 1.71 bits per heavy atom. The van der Waals surface area contributed by atoms with E-state index in [0.717, 1.165) is 24.3 Å². The van der Waals surface area contributed by atoms with E-state index in [1.807, 2.05) is 13.8 Å². The van der Waals surface area contributed by atoms with E-state index in [-0.39, 0.29) is 5.91 Å². The van der Waals surface area contributed by atoms with E-state index in [4.69, 9.17) is 5.73 Å². The van der Waals surface area contributed by atoms with Gasteiger partial charge in [-0.3, -0.25) is 4.79 Å². The third-order valence-corrected chi connectivity index (χ3v) is 4.67. The lowest BCUT2D eigenvalue weighted by molar-refractivity contribution is -0.126. The number of hydrogen-bond acceptors (Lipinski definition) is 2. The molecule has 0 atom stereocenters. The second kappa shape index (κ2) is 4.97. The molecular formula is C14H26N2O. The standard InChI is InChI=1S/C14H26N2O/c1-3-14(15,4-2)13(17)16-9-12(10-5-6-10)11-7-8-11/h10-12H,3-9,15H2,1-2H3,(H,16,17). The van der Waals surface area contributed by atoms with Gasteiger partial charge < -0.3 is 11.1 Å². The second-order valence-corrected chi connectivity index (χ2v) is 5.91.